The molecule has 1 aliphatic heterocycles. The molecule has 0 saturated carbocycles. The van der Waals surface area contributed by atoms with Crippen LogP contribution < -0.4 is 5.32 Å². The van der Waals surface area contributed by atoms with Crippen molar-refractivity contribution in [2.45, 2.75) is 23.8 Å². The lowest BCUT2D eigenvalue weighted by molar-refractivity contribution is -0.142. The van der Waals surface area contributed by atoms with Crippen molar-refractivity contribution in [3.05, 3.63) is 30.3 Å². The van der Waals surface area contributed by atoms with Gasteiger partial charge in [-0.2, -0.15) is 0 Å². The van der Waals surface area contributed by atoms with Crippen LogP contribution in [0.2, 0.25) is 0 Å². The summed E-state index contributed by atoms with van der Waals surface area (Å²) >= 11 is 1.69. The lowest BCUT2D eigenvalue weighted by Crippen LogP contribution is -2.43. The number of rotatable bonds is 7. The molecule has 1 unspecified atom stereocenters. The van der Waals surface area contributed by atoms with Crippen molar-refractivity contribution in [2.24, 2.45) is 0 Å². The molecule has 0 aliphatic carbocycles. The van der Waals surface area contributed by atoms with Crippen molar-refractivity contribution < 1.29 is 14.7 Å². The van der Waals surface area contributed by atoms with E-state index in [1.165, 1.54) is 4.90 Å². The number of benzene rings is 1. The Morgan fingerprint density at radius 2 is 2.10 bits per heavy atom. The molecule has 0 bridgehead atoms. The van der Waals surface area contributed by atoms with Crippen molar-refractivity contribution in [2.75, 3.05) is 25.4 Å². The zero-order valence-corrected chi connectivity index (χ0v) is 12.6. The summed E-state index contributed by atoms with van der Waals surface area (Å²) in [5, 5.41) is 11.9. The van der Waals surface area contributed by atoms with Crippen LogP contribution in [-0.4, -0.2) is 53.3 Å². The summed E-state index contributed by atoms with van der Waals surface area (Å²) in [6.07, 6.45) is 1.47. The van der Waals surface area contributed by atoms with Crippen LogP contribution in [0.1, 0.15) is 12.8 Å². The number of carboxylic acid groups (broad SMARTS) is 1. The minimum atomic E-state index is -0.833. The van der Waals surface area contributed by atoms with Crippen LogP contribution in [0.5, 0.6) is 0 Å². The monoisotopic (exact) mass is 308 g/mol. The summed E-state index contributed by atoms with van der Waals surface area (Å²) in [7, 11) is 0. The number of carboxylic acids is 1. The van der Waals surface area contributed by atoms with Crippen molar-refractivity contribution in [3.63, 3.8) is 0 Å². The van der Waals surface area contributed by atoms with E-state index >= 15 is 0 Å². The summed E-state index contributed by atoms with van der Waals surface area (Å²) in [4.78, 5) is 25.8. The molecule has 1 amide bonds. The standard InChI is InChI=1S/C15H20N2O3S/c18-14(11-17-9-4-7-13(17)15(19)20)16-8-10-21-12-5-2-1-3-6-12/h1-3,5-6,13H,4,7-11H2,(H,16,18)(H,19,20). The summed E-state index contributed by atoms with van der Waals surface area (Å²) < 4.78 is 0. The van der Waals surface area contributed by atoms with Gasteiger partial charge in [0.2, 0.25) is 5.91 Å². The van der Waals surface area contributed by atoms with Crippen LogP contribution >= 0.6 is 11.8 Å². The highest BCUT2D eigenvalue weighted by molar-refractivity contribution is 7.99. The van der Waals surface area contributed by atoms with Crippen molar-refractivity contribution in [3.8, 4) is 0 Å². The number of amides is 1. The second kappa shape index (κ2) is 8.05. The third kappa shape index (κ3) is 5.06. The Labute approximate surface area is 128 Å². The molecular weight excluding hydrogens is 288 g/mol. The van der Waals surface area contributed by atoms with Gasteiger partial charge in [-0.25, -0.2) is 0 Å². The fraction of sp³-hybridized carbons (Fsp3) is 0.467. The van der Waals surface area contributed by atoms with E-state index < -0.39 is 12.0 Å². The van der Waals surface area contributed by atoms with Crippen molar-refractivity contribution in [1.29, 1.82) is 0 Å². The molecule has 114 valence electrons. The van der Waals surface area contributed by atoms with Gasteiger partial charge in [0.25, 0.3) is 0 Å². The molecule has 6 heteroatoms. The topological polar surface area (TPSA) is 69.6 Å². The number of nitrogens with one attached hydrogen (secondary N) is 1. The average molecular weight is 308 g/mol. The first-order chi connectivity index (χ1) is 10.2. The summed E-state index contributed by atoms with van der Waals surface area (Å²) in [5.41, 5.74) is 0. The van der Waals surface area contributed by atoms with E-state index in [4.69, 9.17) is 5.11 Å². The number of hydrogen-bond donors (Lipinski definition) is 2. The van der Waals surface area contributed by atoms with Crippen LogP contribution in [0, 0.1) is 0 Å². The molecule has 1 fully saturated rings. The van der Waals surface area contributed by atoms with Gasteiger partial charge in [0, 0.05) is 17.2 Å². The number of hydrogen-bond acceptors (Lipinski definition) is 4. The Balaban J connectivity index is 1.65. The van der Waals surface area contributed by atoms with E-state index in [9.17, 15) is 9.59 Å². The molecule has 2 N–H and O–H groups in total. The zero-order chi connectivity index (χ0) is 15.1. The van der Waals surface area contributed by atoms with E-state index in [1.54, 1.807) is 16.7 Å². The van der Waals surface area contributed by atoms with E-state index in [0.29, 0.717) is 19.5 Å². The van der Waals surface area contributed by atoms with E-state index in [1.807, 2.05) is 30.3 Å². The third-order valence-electron chi connectivity index (χ3n) is 3.43. The molecule has 0 radical (unpaired) electrons. The van der Waals surface area contributed by atoms with Gasteiger partial charge in [0.15, 0.2) is 0 Å². The number of carbonyl (C=O) groups excluding carboxylic acids is 1. The number of likely N-dealkylation sites (tertiary alicyclic amines) is 1. The van der Waals surface area contributed by atoms with Gasteiger partial charge in [-0.3, -0.25) is 14.5 Å². The fourth-order valence-corrected chi connectivity index (χ4v) is 3.20. The van der Waals surface area contributed by atoms with Crippen molar-refractivity contribution >= 4 is 23.6 Å². The van der Waals surface area contributed by atoms with Gasteiger partial charge >= 0.3 is 5.97 Å². The van der Waals surface area contributed by atoms with Crippen molar-refractivity contribution in [1.82, 2.24) is 10.2 Å². The molecule has 1 aliphatic rings. The summed E-state index contributed by atoms with van der Waals surface area (Å²) in [6, 6.07) is 9.51. The van der Waals surface area contributed by atoms with Gasteiger partial charge < -0.3 is 10.4 Å². The Morgan fingerprint density at radius 3 is 2.81 bits per heavy atom. The Hall–Kier alpha value is -1.53. The van der Waals surface area contributed by atoms with Crippen LogP contribution in [0.15, 0.2) is 35.2 Å². The lowest BCUT2D eigenvalue weighted by atomic mass is 10.2. The second-order valence-electron chi connectivity index (χ2n) is 4.98. The van der Waals surface area contributed by atoms with Crippen LogP contribution in [0.25, 0.3) is 0 Å². The first-order valence-corrected chi connectivity index (χ1v) is 8.07. The normalized spacial score (nSPS) is 18.6. The summed E-state index contributed by atoms with van der Waals surface area (Å²) in [6.45, 7) is 1.44. The van der Waals surface area contributed by atoms with Gasteiger partial charge in [-0.1, -0.05) is 18.2 Å². The molecule has 1 aromatic rings. The van der Waals surface area contributed by atoms with E-state index in [0.717, 1.165) is 12.2 Å². The predicted octanol–water partition coefficient (Wildman–Crippen LogP) is 1.44. The molecule has 1 saturated heterocycles. The smallest absolute Gasteiger partial charge is 0.320 e. The molecular formula is C15H20N2O3S. The van der Waals surface area contributed by atoms with Crippen LogP contribution in [0.3, 0.4) is 0 Å². The van der Waals surface area contributed by atoms with Gasteiger partial charge in [0.05, 0.1) is 6.54 Å². The molecule has 1 aromatic carbocycles. The molecule has 0 spiro atoms. The second-order valence-corrected chi connectivity index (χ2v) is 6.15. The Bertz CT molecular complexity index is 481. The van der Waals surface area contributed by atoms with Gasteiger partial charge in [-0.05, 0) is 31.5 Å². The Kier molecular flexibility index (Phi) is 6.07. The summed E-state index contributed by atoms with van der Waals surface area (Å²) in [5.74, 6) is -0.130. The minimum absolute atomic E-state index is 0.100. The maximum Gasteiger partial charge on any atom is 0.320 e. The number of thioether (sulfide) groups is 1. The fourth-order valence-electron chi connectivity index (χ4n) is 2.41. The van der Waals surface area contributed by atoms with Gasteiger partial charge in [-0.15, -0.1) is 11.8 Å². The highest BCUT2D eigenvalue weighted by Crippen LogP contribution is 2.17. The molecule has 0 aromatic heterocycles. The maximum absolute atomic E-state index is 11.8. The zero-order valence-electron chi connectivity index (χ0n) is 11.8. The predicted molar refractivity (Wildman–Crippen MR) is 82.4 cm³/mol. The highest BCUT2D eigenvalue weighted by atomic mass is 32.2. The largest absolute Gasteiger partial charge is 0.480 e. The highest BCUT2D eigenvalue weighted by Gasteiger charge is 2.31. The minimum Gasteiger partial charge on any atom is -0.480 e. The number of aliphatic carboxylic acids is 1. The molecule has 1 heterocycles. The average Bonchev–Trinajstić information content (AvgIpc) is 2.93. The van der Waals surface area contributed by atoms with E-state index in [2.05, 4.69) is 5.32 Å². The third-order valence-corrected chi connectivity index (χ3v) is 4.45. The molecule has 2 rings (SSSR count). The first kappa shape index (κ1) is 15.9. The number of carbonyl (C=O) groups is 2. The quantitative estimate of drug-likeness (QED) is 0.589. The van der Waals surface area contributed by atoms with Crippen LogP contribution in [0.4, 0.5) is 0 Å². The lowest BCUT2D eigenvalue weighted by Gasteiger charge is -2.20. The van der Waals surface area contributed by atoms with Crippen LogP contribution in [-0.2, 0) is 9.59 Å². The van der Waals surface area contributed by atoms with E-state index in [-0.39, 0.29) is 12.5 Å². The molecule has 5 nitrogen and oxygen atoms in total. The van der Waals surface area contributed by atoms with Gasteiger partial charge in [0.1, 0.15) is 6.04 Å². The Morgan fingerprint density at radius 1 is 1.33 bits per heavy atom. The number of nitrogens with zero attached hydrogens (tertiary/aromatic N) is 1. The maximum atomic E-state index is 11.8. The molecule has 1 atom stereocenters. The first-order valence-electron chi connectivity index (χ1n) is 7.08. The SMILES string of the molecule is O=C(CN1CCCC1C(=O)O)NCCSc1ccccc1. The molecule has 21 heavy (non-hydrogen) atoms.